The Morgan fingerprint density at radius 2 is 2.00 bits per heavy atom. The summed E-state index contributed by atoms with van der Waals surface area (Å²) in [6, 6.07) is 0. The zero-order valence-corrected chi connectivity index (χ0v) is 12.6. The van der Waals surface area contributed by atoms with Crippen LogP contribution in [0.15, 0.2) is 0 Å². The highest BCUT2D eigenvalue weighted by Crippen LogP contribution is 2.09. The van der Waals surface area contributed by atoms with Crippen LogP contribution in [0.5, 0.6) is 0 Å². The maximum absolute atomic E-state index is 11.8. The molecule has 1 rings (SSSR count). The summed E-state index contributed by atoms with van der Waals surface area (Å²) in [6.45, 7) is 11.6. The molecule has 1 aliphatic heterocycles. The first-order valence-corrected chi connectivity index (χ1v) is 7.23. The van der Waals surface area contributed by atoms with Crippen LogP contribution in [0, 0.1) is 0 Å². The van der Waals surface area contributed by atoms with Crippen molar-refractivity contribution < 1.29 is 14.3 Å². The lowest BCUT2D eigenvalue weighted by Crippen LogP contribution is -2.49. The minimum absolute atomic E-state index is 0.0887. The van der Waals surface area contributed by atoms with E-state index in [0.717, 1.165) is 19.5 Å². The van der Waals surface area contributed by atoms with Crippen LogP contribution >= 0.6 is 0 Å². The van der Waals surface area contributed by atoms with Gasteiger partial charge in [0.15, 0.2) is 0 Å². The Labute approximate surface area is 116 Å². The molecule has 0 aromatic heterocycles. The number of carbonyl (C=O) groups is 1. The van der Waals surface area contributed by atoms with E-state index in [9.17, 15) is 4.79 Å². The molecule has 1 fully saturated rings. The molecule has 0 bridgehead atoms. The molecule has 1 amide bonds. The van der Waals surface area contributed by atoms with Crippen LogP contribution in [0.1, 0.15) is 34.1 Å². The molecule has 0 radical (unpaired) electrons. The van der Waals surface area contributed by atoms with Gasteiger partial charge in [-0.2, -0.15) is 0 Å². The van der Waals surface area contributed by atoms with Crippen molar-refractivity contribution in [3.05, 3.63) is 0 Å². The van der Waals surface area contributed by atoms with Crippen LogP contribution in [-0.4, -0.2) is 61.9 Å². The van der Waals surface area contributed by atoms with Gasteiger partial charge in [-0.05, 0) is 34.1 Å². The fourth-order valence-corrected chi connectivity index (χ4v) is 2.29. The van der Waals surface area contributed by atoms with Crippen molar-refractivity contribution in [1.82, 2.24) is 10.2 Å². The minimum atomic E-state index is 0.0887. The van der Waals surface area contributed by atoms with E-state index in [1.807, 2.05) is 27.7 Å². The maximum Gasteiger partial charge on any atom is 0.234 e. The van der Waals surface area contributed by atoms with Gasteiger partial charge in [-0.25, -0.2) is 0 Å². The third-order valence-electron chi connectivity index (χ3n) is 2.96. The van der Waals surface area contributed by atoms with E-state index in [1.54, 1.807) is 0 Å². The van der Waals surface area contributed by atoms with Crippen molar-refractivity contribution in [3.8, 4) is 0 Å². The molecule has 0 aromatic rings. The molecule has 19 heavy (non-hydrogen) atoms. The summed E-state index contributed by atoms with van der Waals surface area (Å²) in [4.78, 5) is 13.9. The third-order valence-corrected chi connectivity index (χ3v) is 2.96. The smallest absolute Gasteiger partial charge is 0.234 e. The lowest BCUT2D eigenvalue weighted by atomic mass is 10.2. The largest absolute Gasteiger partial charge is 0.379 e. The molecule has 112 valence electrons. The fraction of sp³-hybridized carbons (Fsp3) is 0.929. The molecule has 1 N–H and O–H groups in total. The number of rotatable bonds is 7. The number of hydrogen-bond acceptors (Lipinski definition) is 4. The second kappa shape index (κ2) is 8.51. The molecule has 0 aliphatic carbocycles. The lowest BCUT2D eigenvalue weighted by molar-refractivity contribution is -0.126. The van der Waals surface area contributed by atoms with Crippen LogP contribution in [0.4, 0.5) is 0 Å². The normalized spacial score (nSPS) is 24.7. The van der Waals surface area contributed by atoms with Gasteiger partial charge in [-0.1, -0.05) is 0 Å². The fourth-order valence-electron chi connectivity index (χ4n) is 2.29. The van der Waals surface area contributed by atoms with Crippen molar-refractivity contribution in [2.45, 2.75) is 52.4 Å². The predicted octanol–water partition coefficient (Wildman–Crippen LogP) is 1.03. The summed E-state index contributed by atoms with van der Waals surface area (Å²) in [5, 5.41) is 2.93. The first-order chi connectivity index (χ1) is 8.97. The Morgan fingerprint density at radius 1 is 1.37 bits per heavy atom. The van der Waals surface area contributed by atoms with Gasteiger partial charge in [-0.3, -0.25) is 9.69 Å². The number of nitrogens with zero attached hydrogens (tertiary/aromatic N) is 1. The van der Waals surface area contributed by atoms with Crippen LogP contribution in [0.2, 0.25) is 0 Å². The molecule has 2 atom stereocenters. The highest BCUT2D eigenvalue weighted by molar-refractivity contribution is 5.77. The van der Waals surface area contributed by atoms with Crippen molar-refractivity contribution in [2.75, 3.05) is 32.8 Å². The van der Waals surface area contributed by atoms with Crippen LogP contribution in [-0.2, 0) is 14.3 Å². The number of hydrogen-bond donors (Lipinski definition) is 1. The van der Waals surface area contributed by atoms with E-state index >= 15 is 0 Å². The van der Waals surface area contributed by atoms with E-state index in [2.05, 4.69) is 10.2 Å². The van der Waals surface area contributed by atoms with E-state index in [-0.39, 0.29) is 24.2 Å². The van der Waals surface area contributed by atoms with Crippen molar-refractivity contribution in [3.63, 3.8) is 0 Å². The van der Waals surface area contributed by atoms with Crippen molar-refractivity contribution in [2.24, 2.45) is 0 Å². The highest BCUT2D eigenvalue weighted by Gasteiger charge is 2.23. The maximum atomic E-state index is 11.8. The summed E-state index contributed by atoms with van der Waals surface area (Å²) < 4.78 is 11.1. The molecule has 1 saturated heterocycles. The van der Waals surface area contributed by atoms with E-state index in [0.29, 0.717) is 19.7 Å². The topological polar surface area (TPSA) is 50.8 Å². The molecule has 5 nitrogen and oxygen atoms in total. The Hall–Kier alpha value is -0.650. The molecule has 0 aromatic carbocycles. The van der Waals surface area contributed by atoms with Gasteiger partial charge >= 0.3 is 0 Å². The monoisotopic (exact) mass is 272 g/mol. The van der Waals surface area contributed by atoms with Gasteiger partial charge in [0.2, 0.25) is 5.91 Å². The van der Waals surface area contributed by atoms with Crippen LogP contribution in [0.25, 0.3) is 0 Å². The predicted molar refractivity (Wildman–Crippen MR) is 75.2 cm³/mol. The molecule has 0 unspecified atom stereocenters. The SMILES string of the molecule is CC(C)OCCCNC(=O)CN1C[C@@H](C)O[C@@H](C)C1. The average molecular weight is 272 g/mol. The van der Waals surface area contributed by atoms with E-state index < -0.39 is 0 Å². The summed E-state index contributed by atoms with van der Waals surface area (Å²) >= 11 is 0. The second-order valence-corrected chi connectivity index (χ2v) is 5.57. The van der Waals surface area contributed by atoms with Gasteiger partial charge in [0, 0.05) is 26.2 Å². The van der Waals surface area contributed by atoms with E-state index in [1.165, 1.54) is 0 Å². The standard InChI is InChI=1S/C14H28N2O3/c1-11(2)18-7-5-6-15-14(17)10-16-8-12(3)19-13(4)9-16/h11-13H,5-10H2,1-4H3,(H,15,17)/t12-,13+. The zero-order chi connectivity index (χ0) is 14.3. The Kier molecular flexibility index (Phi) is 7.34. The number of morpholine rings is 1. The molecule has 0 spiro atoms. The summed E-state index contributed by atoms with van der Waals surface area (Å²) in [6.07, 6.45) is 1.53. The Bertz CT molecular complexity index is 261. The quantitative estimate of drug-likeness (QED) is 0.703. The van der Waals surface area contributed by atoms with Gasteiger partial charge < -0.3 is 14.8 Å². The van der Waals surface area contributed by atoms with Gasteiger partial charge in [-0.15, -0.1) is 0 Å². The summed E-state index contributed by atoms with van der Waals surface area (Å²) in [5.41, 5.74) is 0. The summed E-state index contributed by atoms with van der Waals surface area (Å²) in [7, 11) is 0. The number of ether oxygens (including phenoxy) is 2. The van der Waals surface area contributed by atoms with Gasteiger partial charge in [0.05, 0.1) is 24.9 Å². The van der Waals surface area contributed by atoms with E-state index in [4.69, 9.17) is 9.47 Å². The molecule has 1 heterocycles. The Morgan fingerprint density at radius 3 is 2.58 bits per heavy atom. The van der Waals surface area contributed by atoms with Crippen LogP contribution < -0.4 is 5.32 Å². The molecule has 5 heteroatoms. The molecule has 0 saturated carbocycles. The van der Waals surface area contributed by atoms with Crippen molar-refractivity contribution >= 4 is 5.91 Å². The second-order valence-electron chi connectivity index (χ2n) is 5.57. The third kappa shape index (κ3) is 7.50. The lowest BCUT2D eigenvalue weighted by Gasteiger charge is -2.34. The minimum Gasteiger partial charge on any atom is -0.379 e. The molecular formula is C14H28N2O3. The number of carbonyl (C=O) groups excluding carboxylic acids is 1. The molecule has 1 aliphatic rings. The first kappa shape index (κ1) is 16.4. The summed E-state index contributed by atoms with van der Waals surface area (Å²) in [5.74, 6) is 0.0887. The van der Waals surface area contributed by atoms with Gasteiger partial charge in [0.1, 0.15) is 0 Å². The number of amides is 1. The highest BCUT2D eigenvalue weighted by atomic mass is 16.5. The van der Waals surface area contributed by atoms with Gasteiger partial charge in [0.25, 0.3) is 0 Å². The zero-order valence-electron chi connectivity index (χ0n) is 12.6. The average Bonchev–Trinajstić information content (AvgIpc) is 2.26. The Balaban J connectivity index is 2.10. The van der Waals surface area contributed by atoms with Crippen LogP contribution in [0.3, 0.4) is 0 Å². The number of nitrogens with one attached hydrogen (secondary N) is 1. The first-order valence-electron chi connectivity index (χ1n) is 7.23. The molecular weight excluding hydrogens is 244 g/mol. The van der Waals surface area contributed by atoms with Crippen molar-refractivity contribution in [1.29, 1.82) is 0 Å².